The third-order valence-electron chi connectivity index (χ3n) is 5.24. The largest absolute Gasteiger partial charge is 0.481 e. The van der Waals surface area contributed by atoms with Crippen LogP contribution in [-0.2, 0) is 16.0 Å². The van der Waals surface area contributed by atoms with E-state index in [1.54, 1.807) is 6.26 Å². The second kappa shape index (κ2) is 11.0. The number of unbranched alkanes of at least 4 members (excludes halogenated alkanes) is 2. The van der Waals surface area contributed by atoms with Gasteiger partial charge in [-0.3, -0.25) is 9.59 Å². The molecule has 6 nitrogen and oxygen atoms in total. The van der Waals surface area contributed by atoms with Gasteiger partial charge in [-0.1, -0.05) is 12.2 Å². The second-order valence-corrected chi connectivity index (χ2v) is 7.31. The Morgan fingerprint density at radius 1 is 1.11 bits per heavy atom. The molecule has 0 saturated heterocycles. The number of carboxylic acids is 1. The molecule has 6 heteroatoms. The van der Waals surface area contributed by atoms with Crippen molar-refractivity contribution >= 4 is 11.8 Å². The molecule has 1 aliphatic carbocycles. The summed E-state index contributed by atoms with van der Waals surface area (Å²) in [5.41, 5.74) is 0. The van der Waals surface area contributed by atoms with Gasteiger partial charge >= 0.3 is 5.97 Å². The Labute approximate surface area is 159 Å². The minimum absolute atomic E-state index is 0.0165. The number of rotatable bonds is 12. The van der Waals surface area contributed by atoms with Gasteiger partial charge in [-0.15, -0.1) is 0 Å². The lowest BCUT2D eigenvalue weighted by molar-refractivity contribution is -0.137. The third kappa shape index (κ3) is 6.96. The quantitative estimate of drug-likeness (QED) is 0.381. The van der Waals surface area contributed by atoms with Crippen LogP contribution < -0.4 is 0 Å². The van der Waals surface area contributed by atoms with E-state index in [1.165, 1.54) is 0 Å². The SMILES string of the molecule is O=C(O)CCCC=CCC1C(C(=O)CCCCc2ccco2)[C@H](O)C[C@@H]1O. The predicted octanol–water partition coefficient (Wildman–Crippen LogP) is 3.12. The van der Waals surface area contributed by atoms with Gasteiger partial charge in [-0.05, 0) is 44.2 Å². The minimum atomic E-state index is -0.810. The molecule has 1 fully saturated rings. The number of allylic oxidation sites excluding steroid dienone is 2. The van der Waals surface area contributed by atoms with Gasteiger partial charge in [0, 0.05) is 37.5 Å². The van der Waals surface area contributed by atoms with Crippen molar-refractivity contribution in [3.63, 3.8) is 0 Å². The summed E-state index contributed by atoms with van der Waals surface area (Å²) < 4.78 is 5.28. The first-order valence-corrected chi connectivity index (χ1v) is 9.77. The maximum atomic E-state index is 12.6. The summed E-state index contributed by atoms with van der Waals surface area (Å²) in [7, 11) is 0. The number of aliphatic hydroxyl groups is 2. The van der Waals surface area contributed by atoms with Crippen LogP contribution in [0.2, 0.25) is 0 Å². The van der Waals surface area contributed by atoms with Gasteiger partial charge in [0.1, 0.15) is 11.5 Å². The van der Waals surface area contributed by atoms with Crippen LogP contribution in [0.15, 0.2) is 35.0 Å². The van der Waals surface area contributed by atoms with Crippen molar-refractivity contribution in [2.24, 2.45) is 11.8 Å². The molecule has 1 aromatic heterocycles. The van der Waals surface area contributed by atoms with Crippen LogP contribution in [0.3, 0.4) is 0 Å². The van der Waals surface area contributed by atoms with Gasteiger partial charge in [0.2, 0.25) is 0 Å². The van der Waals surface area contributed by atoms with Gasteiger partial charge in [-0.2, -0.15) is 0 Å². The Bertz CT molecular complexity index is 606. The molecule has 3 N–H and O–H groups in total. The zero-order valence-corrected chi connectivity index (χ0v) is 15.6. The molecule has 0 radical (unpaired) electrons. The van der Waals surface area contributed by atoms with Crippen molar-refractivity contribution < 1.29 is 29.3 Å². The molecular formula is C21H30O6. The molecule has 27 heavy (non-hydrogen) atoms. The summed E-state index contributed by atoms with van der Waals surface area (Å²) in [6.45, 7) is 0. The number of carboxylic acid groups (broad SMARTS) is 1. The fourth-order valence-corrected chi connectivity index (χ4v) is 3.81. The zero-order chi connectivity index (χ0) is 19.6. The maximum Gasteiger partial charge on any atom is 0.303 e. The molecule has 1 aliphatic rings. The van der Waals surface area contributed by atoms with Gasteiger partial charge in [0.15, 0.2) is 0 Å². The smallest absolute Gasteiger partial charge is 0.303 e. The molecular weight excluding hydrogens is 348 g/mol. The van der Waals surface area contributed by atoms with E-state index in [-0.39, 0.29) is 24.5 Å². The van der Waals surface area contributed by atoms with Gasteiger partial charge < -0.3 is 19.7 Å². The normalized spacial score (nSPS) is 25.3. The highest BCUT2D eigenvalue weighted by molar-refractivity contribution is 5.82. The molecule has 1 heterocycles. The predicted molar refractivity (Wildman–Crippen MR) is 100 cm³/mol. The highest BCUT2D eigenvalue weighted by atomic mass is 16.4. The van der Waals surface area contributed by atoms with E-state index in [0.717, 1.165) is 25.0 Å². The summed E-state index contributed by atoms with van der Waals surface area (Å²) in [5.74, 6) is -0.677. The van der Waals surface area contributed by atoms with Crippen molar-refractivity contribution in [3.05, 3.63) is 36.3 Å². The molecule has 2 unspecified atom stereocenters. The number of carbonyl (C=O) groups excluding carboxylic acids is 1. The molecule has 0 aromatic carbocycles. The molecule has 0 aliphatic heterocycles. The van der Waals surface area contributed by atoms with E-state index in [9.17, 15) is 19.8 Å². The van der Waals surface area contributed by atoms with Crippen LogP contribution in [0.4, 0.5) is 0 Å². The standard InChI is InChI=1S/C21H30O6/c22-17(11-6-5-8-15-9-7-13-27-15)21-16(18(23)14-19(21)24)10-3-1-2-4-12-20(25)26/h1,3,7,9,13,16,18-19,21,23-24H,2,4-6,8,10-12,14H2,(H,25,26)/t16?,18-,19+,21?/m0/s1. The van der Waals surface area contributed by atoms with Crippen LogP contribution in [0.25, 0.3) is 0 Å². The van der Waals surface area contributed by atoms with E-state index >= 15 is 0 Å². The lowest BCUT2D eigenvalue weighted by Gasteiger charge is -2.21. The fraction of sp³-hybridized carbons (Fsp3) is 0.619. The Kier molecular flexibility index (Phi) is 8.75. The first-order valence-electron chi connectivity index (χ1n) is 9.77. The Hall–Kier alpha value is -1.92. The number of carbonyl (C=O) groups is 2. The molecule has 150 valence electrons. The molecule has 1 saturated carbocycles. The van der Waals surface area contributed by atoms with Gasteiger partial charge in [0.25, 0.3) is 0 Å². The molecule has 2 rings (SSSR count). The van der Waals surface area contributed by atoms with Crippen LogP contribution in [0, 0.1) is 11.8 Å². The summed E-state index contributed by atoms with van der Waals surface area (Å²) in [5, 5.41) is 29.1. The molecule has 1 aromatic rings. The summed E-state index contributed by atoms with van der Waals surface area (Å²) >= 11 is 0. The number of hydrogen-bond acceptors (Lipinski definition) is 5. The van der Waals surface area contributed by atoms with E-state index in [0.29, 0.717) is 25.7 Å². The lowest BCUT2D eigenvalue weighted by Crippen LogP contribution is -2.29. The average molecular weight is 378 g/mol. The molecule has 0 amide bonds. The highest BCUT2D eigenvalue weighted by Crippen LogP contribution is 2.37. The van der Waals surface area contributed by atoms with Crippen molar-refractivity contribution in [1.82, 2.24) is 0 Å². The molecule has 4 atom stereocenters. The van der Waals surface area contributed by atoms with Crippen LogP contribution in [-0.4, -0.2) is 39.3 Å². The summed E-state index contributed by atoms with van der Waals surface area (Å²) in [4.78, 5) is 23.1. The number of aryl methyl sites for hydroxylation is 1. The maximum absolute atomic E-state index is 12.6. The van der Waals surface area contributed by atoms with E-state index < -0.39 is 24.1 Å². The van der Waals surface area contributed by atoms with Crippen LogP contribution >= 0.6 is 0 Å². The Morgan fingerprint density at radius 3 is 2.63 bits per heavy atom. The number of Topliss-reactive ketones (excluding diaryl/α,β-unsaturated/α-hetero) is 1. The average Bonchev–Trinajstić information content (AvgIpc) is 3.22. The van der Waals surface area contributed by atoms with Crippen LogP contribution in [0.5, 0.6) is 0 Å². The number of aliphatic carboxylic acids is 1. The van der Waals surface area contributed by atoms with E-state index in [1.807, 2.05) is 24.3 Å². The zero-order valence-electron chi connectivity index (χ0n) is 15.6. The van der Waals surface area contributed by atoms with E-state index in [4.69, 9.17) is 9.52 Å². The van der Waals surface area contributed by atoms with Gasteiger partial charge in [0.05, 0.1) is 18.5 Å². The van der Waals surface area contributed by atoms with Crippen molar-refractivity contribution in [1.29, 1.82) is 0 Å². The van der Waals surface area contributed by atoms with E-state index in [2.05, 4.69) is 0 Å². The summed E-state index contributed by atoms with van der Waals surface area (Å²) in [6.07, 6.45) is 8.84. The third-order valence-corrected chi connectivity index (χ3v) is 5.24. The van der Waals surface area contributed by atoms with Gasteiger partial charge in [-0.25, -0.2) is 0 Å². The number of ketones is 1. The number of furan rings is 1. The van der Waals surface area contributed by atoms with Crippen LogP contribution in [0.1, 0.15) is 57.1 Å². The number of aliphatic hydroxyl groups excluding tert-OH is 2. The minimum Gasteiger partial charge on any atom is -0.481 e. The lowest BCUT2D eigenvalue weighted by atomic mass is 9.85. The Balaban J connectivity index is 1.76. The highest BCUT2D eigenvalue weighted by Gasteiger charge is 2.44. The second-order valence-electron chi connectivity index (χ2n) is 7.31. The van der Waals surface area contributed by atoms with Crippen molar-refractivity contribution in [2.75, 3.05) is 0 Å². The topological polar surface area (TPSA) is 108 Å². The molecule has 0 bridgehead atoms. The van der Waals surface area contributed by atoms with Crippen molar-refractivity contribution in [2.45, 2.75) is 70.0 Å². The summed E-state index contributed by atoms with van der Waals surface area (Å²) in [6, 6.07) is 3.76. The first kappa shape index (κ1) is 21.4. The number of hydrogen-bond donors (Lipinski definition) is 3. The Morgan fingerprint density at radius 2 is 1.93 bits per heavy atom. The fourth-order valence-electron chi connectivity index (χ4n) is 3.81. The molecule has 0 spiro atoms. The van der Waals surface area contributed by atoms with Crippen molar-refractivity contribution in [3.8, 4) is 0 Å². The monoisotopic (exact) mass is 378 g/mol. The first-order chi connectivity index (χ1) is 13.0.